The van der Waals surface area contributed by atoms with Crippen LogP contribution in [0, 0.1) is 11.6 Å². The molecule has 122 valence electrons. The fraction of sp³-hybridized carbons (Fsp3) is 0.235. The van der Waals surface area contributed by atoms with Crippen molar-refractivity contribution in [2.45, 2.75) is 12.8 Å². The van der Waals surface area contributed by atoms with Crippen molar-refractivity contribution in [1.29, 1.82) is 0 Å². The number of hydrogen-bond donors (Lipinski definition) is 2. The minimum absolute atomic E-state index is 0.0537. The maximum absolute atomic E-state index is 13.6. The predicted molar refractivity (Wildman–Crippen MR) is 81.4 cm³/mol. The van der Waals surface area contributed by atoms with E-state index in [1.807, 2.05) is 0 Å². The lowest BCUT2D eigenvalue weighted by atomic mass is 10.0. The summed E-state index contributed by atoms with van der Waals surface area (Å²) < 4.78 is 31.7. The molecule has 4 nitrogen and oxygen atoms in total. The fourth-order valence-corrected chi connectivity index (χ4v) is 2.05. The molecular weight excluding hydrogens is 304 g/mol. The van der Waals surface area contributed by atoms with Crippen LogP contribution in [0.4, 0.5) is 8.78 Å². The molecule has 0 fully saturated rings. The van der Waals surface area contributed by atoms with Gasteiger partial charge < -0.3 is 15.2 Å². The summed E-state index contributed by atoms with van der Waals surface area (Å²) in [6, 6.07) is 9.66. The molecule has 0 radical (unpaired) electrons. The number of phenols is 1. The number of halogens is 2. The SMILES string of the molecule is C[C@@H](CNC(=O)COc1ccccc1O)c1ccc(F)cc1F. The van der Waals surface area contributed by atoms with Crippen molar-refractivity contribution in [2.24, 2.45) is 0 Å². The number of rotatable bonds is 6. The van der Waals surface area contributed by atoms with Crippen LogP contribution in [-0.4, -0.2) is 24.2 Å². The molecule has 2 aromatic rings. The number of aromatic hydroxyl groups is 1. The molecule has 1 amide bonds. The molecule has 0 aliphatic heterocycles. The van der Waals surface area contributed by atoms with E-state index >= 15 is 0 Å². The third-order valence-corrected chi connectivity index (χ3v) is 3.32. The molecule has 0 aliphatic carbocycles. The summed E-state index contributed by atoms with van der Waals surface area (Å²) in [5.74, 6) is -1.84. The molecule has 0 unspecified atom stereocenters. The van der Waals surface area contributed by atoms with Gasteiger partial charge in [0.1, 0.15) is 11.6 Å². The van der Waals surface area contributed by atoms with E-state index in [1.54, 1.807) is 25.1 Å². The van der Waals surface area contributed by atoms with Crippen LogP contribution in [0.25, 0.3) is 0 Å². The van der Waals surface area contributed by atoms with Crippen LogP contribution in [-0.2, 0) is 4.79 Å². The molecule has 0 heterocycles. The Balaban J connectivity index is 1.83. The summed E-state index contributed by atoms with van der Waals surface area (Å²) in [5.41, 5.74) is 0.327. The molecule has 0 saturated heterocycles. The van der Waals surface area contributed by atoms with Crippen molar-refractivity contribution in [3.63, 3.8) is 0 Å². The van der Waals surface area contributed by atoms with E-state index < -0.39 is 17.5 Å². The molecule has 2 rings (SSSR count). The van der Waals surface area contributed by atoms with Crippen molar-refractivity contribution in [3.05, 3.63) is 59.7 Å². The van der Waals surface area contributed by atoms with Gasteiger partial charge >= 0.3 is 0 Å². The van der Waals surface area contributed by atoms with Crippen molar-refractivity contribution in [2.75, 3.05) is 13.2 Å². The standard InChI is InChI=1S/C17H17F2NO3/c1-11(13-7-6-12(18)8-14(13)19)9-20-17(22)10-23-16-5-3-2-4-15(16)21/h2-8,11,21H,9-10H2,1H3,(H,20,22)/t11-/m0/s1. The second-order valence-corrected chi connectivity index (χ2v) is 5.13. The zero-order chi connectivity index (χ0) is 16.8. The summed E-state index contributed by atoms with van der Waals surface area (Å²) in [6.07, 6.45) is 0. The van der Waals surface area contributed by atoms with Crippen molar-refractivity contribution < 1.29 is 23.4 Å². The number of benzene rings is 2. The minimum Gasteiger partial charge on any atom is -0.504 e. The molecule has 6 heteroatoms. The van der Waals surface area contributed by atoms with Gasteiger partial charge in [0.25, 0.3) is 5.91 Å². The van der Waals surface area contributed by atoms with Crippen molar-refractivity contribution in [1.82, 2.24) is 5.32 Å². The summed E-state index contributed by atoms with van der Waals surface area (Å²) in [7, 11) is 0. The summed E-state index contributed by atoms with van der Waals surface area (Å²) in [6.45, 7) is 1.64. The van der Waals surface area contributed by atoms with Crippen LogP contribution < -0.4 is 10.1 Å². The first-order chi connectivity index (χ1) is 11.0. The Morgan fingerprint density at radius 2 is 2.00 bits per heavy atom. The van der Waals surface area contributed by atoms with Crippen LogP contribution in [0.2, 0.25) is 0 Å². The molecule has 0 bridgehead atoms. The van der Waals surface area contributed by atoms with E-state index in [0.29, 0.717) is 5.56 Å². The van der Waals surface area contributed by atoms with Gasteiger partial charge in [-0.3, -0.25) is 4.79 Å². The van der Waals surface area contributed by atoms with E-state index in [0.717, 1.165) is 6.07 Å². The Hall–Kier alpha value is -2.63. The van der Waals surface area contributed by atoms with E-state index in [2.05, 4.69) is 5.32 Å². The van der Waals surface area contributed by atoms with E-state index in [9.17, 15) is 18.7 Å². The first-order valence-corrected chi connectivity index (χ1v) is 7.10. The van der Waals surface area contributed by atoms with Crippen LogP contribution in [0.5, 0.6) is 11.5 Å². The maximum atomic E-state index is 13.6. The largest absolute Gasteiger partial charge is 0.504 e. The summed E-state index contributed by atoms with van der Waals surface area (Å²) in [5, 5.41) is 12.1. The molecule has 0 spiro atoms. The number of nitrogens with one attached hydrogen (secondary N) is 1. The highest BCUT2D eigenvalue weighted by molar-refractivity contribution is 5.77. The monoisotopic (exact) mass is 321 g/mol. The first-order valence-electron chi connectivity index (χ1n) is 7.10. The van der Waals surface area contributed by atoms with E-state index in [1.165, 1.54) is 18.2 Å². The third kappa shape index (κ3) is 4.67. The highest BCUT2D eigenvalue weighted by Gasteiger charge is 2.13. The zero-order valence-corrected chi connectivity index (χ0v) is 12.6. The minimum atomic E-state index is -0.641. The van der Waals surface area contributed by atoms with Crippen LogP contribution in [0.15, 0.2) is 42.5 Å². The van der Waals surface area contributed by atoms with Gasteiger partial charge in [0.15, 0.2) is 18.1 Å². The molecule has 2 aromatic carbocycles. The second-order valence-electron chi connectivity index (χ2n) is 5.13. The lowest BCUT2D eigenvalue weighted by Crippen LogP contribution is -2.32. The third-order valence-electron chi connectivity index (χ3n) is 3.32. The van der Waals surface area contributed by atoms with Crippen molar-refractivity contribution >= 4 is 5.91 Å². The summed E-state index contributed by atoms with van der Waals surface area (Å²) in [4.78, 5) is 11.7. The summed E-state index contributed by atoms with van der Waals surface area (Å²) >= 11 is 0. The highest BCUT2D eigenvalue weighted by atomic mass is 19.1. The number of para-hydroxylation sites is 2. The molecular formula is C17H17F2NO3. The van der Waals surface area contributed by atoms with E-state index in [-0.39, 0.29) is 30.6 Å². The molecule has 23 heavy (non-hydrogen) atoms. The predicted octanol–water partition coefficient (Wildman–Crippen LogP) is 2.97. The number of phenolic OH excluding ortho intramolecular Hbond substituents is 1. The van der Waals surface area contributed by atoms with Gasteiger partial charge in [0.2, 0.25) is 0 Å². The van der Waals surface area contributed by atoms with E-state index in [4.69, 9.17) is 4.74 Å². The number of hydrogen-bond acceptors (Lipinski definition) is 3. The molecule has 1 atom stereocenters. The molecule has 0 aliphatic rings. The number of amides is 1. The Labute approximate surface area is 132 Å². The Morgan fingerprint density at radius 1 is 1.26 bits per heavy atom. The van der Waals surface area contributed by atoms with Crippen LogP contribution in [0.1, 0.15) is 18.4 Å². The van der Waals surface area contributed by atoms with Crippen LogP contribution >= 0.6 is 0 Å². The van der Waals surface area contributed by atoms with Gasteiger partial charge in [0, 0.05) is 18.5 Å². The van der Waals surface area contributed by atoms with Gasteiger partial charge in [-0.05, 0) is 23.8 Å². The Bertz CT molecular complexity index is 691. The van der Waals surface area contributed by atoms with Gasteiger partial charge in [-0.15, -0.1) is 0 Å². The molecule has 0 aromatic heterocycles. The van der Waals surface area contributed by atoms with Crippen molar-refractivity contribution in [3.8, 4) is 11.5 Å². The maximum Gasteiger partial charge on any atom is 0.257 e. The average Bonchev–Trinajstić information content (AvgIpc) is 2.52. The lowest BCUT2D eigenvalue weighted by molar-refractivity contribution is -0.123. The first kappa shape index (κ1) is 16.7. The highest BCUT2D eigenvalue weighted by Crippen LogP contribution is 2.24. The number of ether oxygens (including phenoxy) is 1. The number of carbonyl (C=O) groups excluding carboxylic acids is 1. The molecule has 2 N–H and O–H groups in total. The average molecular weight is 321 g/mol. The van der Waals surface area contributed by atoms with Gasteiger partial charge in [-0.2, -0.15) is 0 Å². The van der Waals surface area contributed by atoms with Crippen LogP contribution in [0.3, 0.4) is 0 Å². The smallest absolute Gasteiger partial charge is 0.257 e. The molecule has 0 saturated carbocycles. The Morgan fingerprint density at radius 3 is 2.70 bits per heavy atom. The normalized spacial score (nSPS) is 11.8. The quantitative estimate of drug-likeness (QED) is 0.860. The number of carbonyl (C=O) groups is 1. The zero-order valence-electron chi connectivity index (χ0n) is 12.6. The van der Waals surface area contributed by atoms with Gasteiger partial charge in [-0.1, -0.05) is 25.1 Å². The van der Waals surface area contributed by atoms with Gasteiger partial charge in [-0.25, -0.2) is 8.78 Å². The second kappa shape index (κ2) is 7.58. The lowest BCUT2D eigenvalue weighted by Gasteiger charge is -2.14. The van der Waals surface area contributed by atoms with Gasteiger partial charge in [0.05, 0.1) is 0 Å². The Kier molecular flexibility index (Phi) is 5.51. The fourth-order valence-electron chi connectivity index (χ4n) is 2.05. The topological polar surface area (TPSA) is 58.6 Å².